The van der Waals surface area contributed by atoms with Gasteiger partial charge in [0, 0.05) is 6.42 Å². The summed E-state index contributed by atoms with van der Waals surface area (Å²) in [6, 6.07) is 32.2. The number of unbranched alkanes of at least 4 members (excludes halogenated alkanes) is 1. The quantitative estimate of drug-likeness (QED) is 0.473. The number of rotatable bonds is 8. The number of carbonyl (C=O) groups is 1. The summed E-state index contributed by atoms with van der Waals surface area (Å²) >= 11 is 0. The van der Waals surface area contributed by atoms with E-state index in [1.165, 1.54) is 15.9 Å². The molecule has 0 unspecified atom stereocenters. The van der Waals surface area contributed by atoms with Gasteiger partial charge in [-0.2, -0.15) is 0 Å². The summed E-state index contributed by atoms with van der Waals surface area (Å²) in [5.74, 6) is -0.715. The monoisotopic (exact) mass is 380 g/mol. The molecule has 3 nitrogen and oxygen atoms in total. The van der Waals surface area contributed by atoms with E-state index in [2.05, 4.69) is 91.0 Å². The van der Waals surface area contributed by atoms with Crippen LogP contribution < -0.4 is 15.9 Å². The largest absolute Gasteiger partial charge is 0.870 e. The molecule has 3 aromatic carbocycles. The van der Waals surface area contributed by atoms with Crippen LogP contribution in [0.1, 0.15) is 19.3 Å². The molecule has 0 radical (unpaired) electrons. The Balaban J connectivity index is 0.00000261. The van der Waals surface area contributed by atoms with E-state index in [1.807, 2.05) is 0 Å². The molecule has 0 aliphatic rings. The first-order valence-corrected chi connectivity index (χ1v) is 11.0. The highest BCUT2D eigenvalue weighted by Gasteiger charge is 2.44. The van der Waals surface area contributed by atoms with Gasteiger partial charge in [0.05, 0.1) is 6.16 Å². The zero-order valence-corrected chi connectivity index (χ0v) is 16.1. The van der Waals surface area contributed by atoms with Gasteiger partial charge in [0.2, 0.25) is 0 Å². The molecule has 140 valence electrons. The lowest BCUT2D eigenvalue weighted by Gasteiger charge is -2.27. The predicted octanol–water partition coefficient (Wildman–Crippen LogP) is 4.06. The average molecular weight is 380 g/mol. The number of carboxylic acids is 1. The molecular weight excluding hydrogens is 355 g/mol. The molecule has 0 saturated carbocycles. The van der Waals surface area contributed by atoms with Crippen LogP contribution in [0.15, 0.2) is 91.0 Å². The number of benzene rings is 3. The minimum atomic E-state index is -1.81. The van der Waals surface area contributed by atoms with E-state index >= 15 is 0 Å². The number of carboxylic acid groups (broad SMARTS) is 1. The van der Waals surface area contributed by atoms with Gasteiger partial charge in [-0.25, -0.2) is 0 Å². The molecule has 0 saturated heterocycles. The lowest BCUT2D eigenvalue weighted by Crippen LogP contribution is -2.33. The Morgan fingerprint density at radius 1 is 0.667 bits per heavy atom. The van der Waals surface area contributed by atoms with Crippen molar-refractivity contribution in [3.8, 4) is 0 Å². The van der Waals surface area contributed by atoms with Crippen molar-refractivity contribution in [1.29, 1.82) is 0 Å². The second kappa shape index (κ2) is 10.0. The van der Waals surface area contributed by atoms with Crippen LogP contribution in [-0.4, -0.2) is 22.7 Å². The first-order chi connectivity index (χ1) is 12.7. The minimum Gasteiger partial charge on any atom is -0.870 e. The van der Waals surface area contributed by atoms with E-state index in [0.717, 1.165) is 12.6 Å². The fourth-order valence-corrected chi connectivity index (χ4v) is 7.92. The molecule has 0 bridgehead atoms. The zero-order chi connectivity index (χ0) is 18.2. The van der Waals surface area contributed by atoms with Crippen molar-refractivity contribution in [2.45, 2.75) is 19.3 Å². The second-order valence-corrected chi connectivity index (χ2v) is 10.0. The first kappa shape index (κ1) is 20.8. The minimum absolute atomic E-state index is 0. The van der Waals surface area contributed by atoms with Gasteiger partial charge in [-0.1, -0.05) is 54.6 Å². The summed E-state index contributed by atoms with van der Waals surface area (Å²) in [6.07, 6.45) is 2.83. The van der Waals surface area contributed by atoms with E-state index in [4.69, 9.17) is 5.11 Å². The van der Waals surface area contributed by atoms with Gasteiger partial charge >= 0.3 is 5.97 Å². The molecule has 4 heteroatoms. The number of hydrogen-bond donors (Lipinski definition) is 1. The van der Waals surface area contributed by atoms with Crippen LogP contribution in [0.3, 0.4) is 0 Å². The van der Waals surface area contributed by atoms with Crippen molar-refractivity contribution < 1.29 is 15.4 Å². The van der Waals surface area contributed by atoms with Crippen LogP contribution in [0, 0.1) is 0 Å². The van der Waals surface area contributed by atoms with Crippen LogP contribution in [0.4, 0.5) is 0 Å². The molecule has 3 aromatic rings. The van der Waals surface area contributed by atoms with Crippen LogP contribution in [0.2, 0.25) is 0 Å². The van der Waals surface area contributed by atoms with E-state index in [1.54, 1.807) is 0 Å². The highest BCUT2D eigenvalue weighted by atomic mass is 31.2. The van der Waals surface area contributed by atoms with Gasteiger partial charge in [-0.05, 0) is 49.2 Å². The summed E-state index contributed by atoms with van der Waals surface area (Å²) in [4.78, 5) is 10.9. The molecule has 0 amide bonds. The van der Waals surface area contributed by atoms with E-state index < -0.39 is 13.2 Å². The Morgan fingerprint density at radius 3 is 1.37 bits per heavy atom. The van der Waals surface area contributed by atoms with E-state index in [9.17, 15) is 4.79 Å². The normalized spacial score (nSPS) is 10.8. The highest BCUT2D eigenvalue weighted by Crippen LogP contribution is 2.55. The van der Waals surface area contributed by atoms with Crippen molar-refractivity contribution in [3.05, 3.63) is 91.0 Å². The fraction of sp³-hybridized carbons (Fsp3) is 0.174. The lowest BCUT2D eigenvalue weighted by molar-refractivity contribution is -0.137. The Morgan fingerprint density at radius 2 is 1.04 bits per heavy atom. The topological polar surface area (TPSA) is 67.3 Å². The zero-order valence-electron chi connectivity index (χ0n) is 15.2. The molecule has 2 N–H and O–H groups in total. The Labute approximate surface area is 161 Å². The van der Waals surface area contributed by atoms with Crippen LogP contribution in [0.25, 0.3) is 0 Å². The van der Waals surface area contributed by atoms with Gasteiger partial charge in [0.15, 0.2) is 0 Å². The maximum atomic E-state index is 10.9. The molecule has 27 heavy (non-hydrogen) atoms. The summed E-state index contributed by atoms with van der Waals surface area (Å²) in [5.41, 5.74) is 0. The maximum absolute atomic E-state index is 10.9. The van der Waals surface area contributed by atoms with Crippen LogP contribution >= 0.6 is 7.26 Å². The van der Waals surface area contributed by atoms with Gasteiger partial charge in [-0.15, -0.1) is 0 Å². The summed E-state index contributed by atoms with van der Waals surface area (Å²) in [6.45, 7) is 0. The highest BCUT2D eigenvalue weighted by molar-refractivity contribution is 7.95. The Bertz CT molecular complexity index is 723. The van der Waals surface area contributed by atoms with E-state index in [-0.39, 0.29) is 11.9 Å². The van der Waals surface area contributed by atoms with Crippen molar-refractivity contribution in [3.63, 3.8) is 0 Å². The van der Waals surface area contributed by atoms with Gasteiger partial charge < -0.3 is 10.6 Å². The third kappa shape index (κ3) is 4.82. The maximum Gasteiger partial charge on any atom is 0.303 e. The molecular formula is C23H25O3P. The van der Waals surface area contributed by atoms with Crippen LogP contribution in [0.5, 0.6) is 0 Å². The smallest absolute Gasteiger partial charge is 0.303 e. The van der Waals surface area contributed by atoms with Gasteiger partial charge in [0.1, 0.15) is 23.2 Å². The van der Waals surface area contributed by atoms with E-state index in [0.29, 0.717) is 6.42 Å². The van der Waals surface area contributed by atoms with Crippen molar-refractivity contribution in [1.82, 2.24) is 0 Å². The molecule has 0 fully saturated rings. The molecule has 0 aromatic heterocycles. The first-order valence-electron chi connectivity index (χ1n) is 9.00. The molecule has 0 heterocycles. The molecule has 3 rings (SSSR count). The number of hydrogen-bond acceptors (Lipinski definition) is 2. The van der Waals surface area contributed by atoms with Gasteiger partial charge in [0.25, 0.3) is 0 Å². The SMILES string of the molecule is O=C(O)CCCC[P+](c1ccccc1)(c1ccccc1)c1ccccc1.[OH-]. The third-order valence-electron chi connectivity index (χ3n) is 4.73. The Kier molecular flexibility index (Phi) is 7.72. The number of aliphatic carboxylic acids is 1. The van der Waals surface area contributed by atoms with Crippen molar-refractivity contribution in [2.24, 2.45) is 0 Å². The second-order valence-electron chi connectivity index (χ2n) is 6.39. The Hall–Kier alpha value is -2.48. The van der Waals surface area contributed by atoms with Crippen molar-refractivity contribution in [2.75, 3.05) is 6.16 Å². The van der Waals surface area contributed by atoms with Crippen molar-refractivity contribution >= 4 is 29.1 Å². The summed E-state index contributed by atoms with van der Waals surface area (Å²) < 4.78 is 0. The fourth-order valence-electron chi connectivity index (χ4n) is 3.51. The van der Waals surface area contributed by atoms with Crippen LogP contribution in [-0.2, 0) is 4.79 Å². The molecule has 0 aliphatic carbocycles. The predicted molar refractivity (Wildman–Crippen MR) is 113 cm³/mol. The molecule has 0 aliphatic heterocycles. The summed E-state index contributed by atoms with van der Waals surface area (Å²) in [5, 5.41) is 13.1. The molecule has 0 spiro atoms. The standard InChI is InChI=1S/C23H23O2P.H2O/c24-23(25)18-10-11-19-26(20-12-4-1-5-13-20,21-14-6-2-7-15-21)22-16-8-3-9-17-22;/h1-9,12-17H,10-11,18-19H2;1H2. The average Bonchev–Trinajstić information content (AvgIpc) is 2.70. The lowest BCUT2D eigenvalue weighted by atomic mass is 10.2. The third-order valence-corrected chi connectivity index (χ3v) is 9.25. The summed E-state index contributed by atoms with van der Waals surface area (Å²) in [7, 11) is -1.81. The molecule has 0 atom stereocenters. The van der Waals surface area contributed by atoms with Gasteiger partial charge in [-0.3, -0.25) is 4.79 Å².